The van der Waals surface area contributed by atoms with Gasteiger partial charge in [-0.2, -0.15) is 0 Å². The van der Waals surface area contributed by atoms with E-state index in [1.165, 1.54) is 0 Å². The third kappa shape index (κ3) is 5.67. The number of hydrogen-bond acceptors (Lipinski definition) is 3. The van der Waals surface area contributed by atoms with Crippen LogP contribution in [-0.2, 0) is 9.59 Å². The Kier molecular flexibility index (Phi) is 5.03. The second-order valence-electron chi connectivity index (χ2n) is 2.63. The van der Waals surface area contributed by atoms with Crippen LogP contribution in [0.5, 0.6) is 0 Å². The van der Waals surface area contributed by atoms with Crippen molar-refractivity contribution in [2.75, 3.05) is 0 Å². The summed E-state index contributed by atoms with van der Waals surface area (Å²) in [5.74, 6) is -1.10. The quantitative estimate of drug-likeness (QED) is 0.444. The highest BCUT2D eigenvalue weighted by Gasteiger charge is 2.09. The van der Waals surface area contributed by atoms with Gasteiger partial charge in [0.25, 0.3) is 0 Å². The molecule has 0 radical (unpaired) electrons. The number of aliphatic hydroxyl groups excluding tert-OH is 1. The van der Waals surface area contributed by atoms with Crippen LogP contribution in [0.4, 0.5) is 0 Å². The molecule has 0 aromatic rings. The number of unbranched alkanes of at least 4 members (excludes halogenated alkanes) is 1. The van der Waals surface area contributed by atoms with E-state index in [-0.39, 0.29) is 12.3 Å². The normalized spacial score (nSPS) is 12.4. The van der Waals surface area contributed by atoms with Gasteiger partial charge in [-0.05, 0) is 19.3 Å². The van der Waals surface area contributed by atoms with Crippen molar-refractivity contribution >= 4 is 11.8 Å². The maximum atomic E-state index is 10.3. The molecule has 2 amide bonds. The lowest BCUT2D eigenvalue weighted by Crippen LogP contribution is -2.28. The summed E-state index contributed by atoms with van der Waals surface area (Å²) in [5, 5.41) is 8.90. The van der Waals surface area contributed by atoms with E-state index in [0.29, 0.717) is 19.3 Å². The standard InChI is InChI=1S/C7H14N2O3/c8-6(11)4-2-1-3-5(10)7(9)12/h5,10H,1-4H2,(H2,8,11)(H2,9,12). The Bertz CT molecular complexity index is 170. The third-order valence-corrected chi connectivity index (χ3v) is 1.48. The van der Waals surface area contributed by atoms with Crippen molar-refractivity contribution in [3.63, 3.8) is 0 Å². The van der Waals surface area contributed by atoms with Crippen molar-refractivity contribution in [1.82, 2.24) is 0 Å². The zero-order chi connectivity index (χ0) is 9.56. The largest absolute Gasteiger partial charge is 0.383 e. The minimum Gasteiger partial charge on any atom is -0.383 e. The molecule has 70 valence electrons. The lowest BCUT2D eigenvalue weighted by atomic mass is 10.1. The van der Waals surface area contributed by atoms with Crippen LogP contribution < -0.4 is 11.5 Å². The van der Waals surface area contributed by atoms with E-state index in [4.69, 9.17) is 16.6 Å². The van der Waals surface area contributed by atoms with E-state index in [0.717, 1.165) is 0 Å². The maximum Gasteiger partial charge on any atom is 0.246 e. The summed E-state index contributed by atoms with van der Waals surface area (Å²) in [6.45, 7) is 0. The highest BCUT2D eigenvalue weighted by atomic mass is 16.3. The average molecular weight is 174 g/mol. The van der Waals surface area contributed by atoms with Crippen LogP contribution in [0, 0.1) is 0 Å². The third-order valence-electron chi connectivity index (χ3n) is 1.48. The summed E-state index contributed by atoms with van der Waals surface area (Å²) in [6.07, 6.45) is 0.638. The minimum absolute atomic E-state index is 0.283. The summed E-state index contributed by atoms with van der Waals surface area (Å²) >= 11 is 0. The Morgan fingerprint density at radius 1 is 1.25 bits per heavy atom. The van der Waals surface area contributed by atoms with Gasteiger partial charge in [0.1, 0.15) is 6.10 Å². The molecule has 0 saturated carbocycles. The number of amides is 2. The number of carbonyl (C=O) groups is 2. The van der Waals surface area contributed by atoms with Crippen molar-refractivity contribution in [2.45, 2.75) is 31.8 Å². The summed E-state index contributed by atoms with van der Waals surface area (Å²) in [5.41, 5.74) is 9.67. The molecule has 0 heterocycles. The molecule has 5 heteroatoms. The van der Waals surface area contributed by atoms with Gasteiger partial charge in [-0.1, -0.05) is 0 Å². The molecule has 1 atom stereocenters. The fourth-order valence-electron chi connectivity index (χ4n) is 0.779. The zero-order valence-electron chi connectivity index (χ0n) is 6.82. The van der Waals surface area contributed by atoms with Gasteiger partial charge in [-0.3, -0.25) is 9.59 Å². The van der Waals surface area contributed by atoms with E-state index in [9.17, 15) is 9.59 Å². The van der Waals surface area contributed by atoms with Crippen molar-refractivity contribution in [3.05, 3.63) is 0 Å². The van der Waals surface area contributed by atoms with E-state index in [1.807, 2.05) is 0 Å². The van der Waals surface area contributed by atoms with Gasteiger partial charge in [0.05, 0.1) is 0 Å². The van der Waals surface area contributed by atoms with Crippen LogP contribution >= 0.6 is 0 Å². The summed E-state index contributed by atoms with van der Waals surface area (Å²) < 4.78 is 0. The molecule has 0 aliphatic rings. The first-order valence-corrected chi connectivity index (χ1v) is 3.79. The number of carbonyl (C=O) groups excluding carboxylic acids is 2. The molecule has 0 aromatic carbocycles. The molecule has 5 nitrogen and oxygen atoms in total. The summed E-state index contributed by atoms with van der Waals surface area (Å²) in [7, 11) is 0. The molecule has 5 N–H and O–H groups in total. The number of nitrogens with two attached hydrogens (primary N) is 2. The highest BCUT2D eigenvalue weighted by molar-refractivity contribution is 5.78. The van der Waals surface area contributed by atoms with Crippen LogP contribution in [0.3, 0.4) is 0 Å². The minimum atomic E-state index is -1.10. The first-order chi connectivity index (χ1) is 5.54. The molecular formula is C7H14N2O3. The smallest absolute Gasteiger partial charge is 0.246 e. The first kappa shape index (κ1) is 10.9. The van der Waals surface area contributed by atoms with E-state index in [2.05, 4.69) is 0 Å². The second kappa shape index (κ2) is 5.54. The molecule has 0 aliphatic carbocycles. The van der Waals surface area contributed by atoms with E-state index >= 15 is 0 Å². The molecule has 0 fully saturated rings. The molecule has 0 spiro atoms. The molecular weight excluding hydrogens is 160 g/mol. The predicted octanol–water partition coefficient (Wildman–Crippen LogP) is -1.12. The van der Waals surface area contributed by atoms with Crippen molar-refractivity contribution < 1.29 is 14.7 Å². The lowest BCUT2D eigenvalue weighted by molar-refractivity contribution is -0.126. The fraction of sp³-hybridized carbons (Fsp3) is 0.714. The lowest BCUT2D eigenvalue weighted by Gasteiger charge is -2.04. The average Bonchev–Trinajstić information content (AvgIpc) is 1.97. The Balaban J connectivity index is 3.31. The predicted molar refractivity (Wildman–Crippen MR) is 42.9 cm³/mol. The van der Waals surface area contributed by atoms with Crippen LogP contribution in [0.25, 0.3) is 0 Å². The topological polar surface area (TPSA) is 106 Å². The summed E-state index contributed by atoms with van der Waals surface area (Å²) in [6, 6.07) is 0. The van der Waals surface area contributed by atoms with Gasteiger partial charge in [0, 0.05) is 6.42 Å². The Hall–Kier alpha value is -1.10. The molecule has 0 aromatic heterocycles. The van der Waals surface area contributed by atoms with Gasteiger partial charge >= 0.3 is 0 Å². The van der Waals surface area contributed by atoms with Crippen LogP contribution in [-0.4, -0.2) is 23.0 Å². The van der Waals surface area contributed by atoms with Crippen molar-refractivity contribution in [3.8, 4) is 0 Å². The Morgan fingerprint density at radius 3 is 2.25 bits per heavy atom. The van der Waals surface area contributed by atoms with Gasteiger partial charge in [0.15, 0.2) is 0 Å². The van der Waals surface area contributed by atoms with Crippen molar-refractivity contribution in [1.29, 1.82) is 0 Å². The van der Waals surface area contributed by atoms with Crippen LogP contribution in [0.15, 0.2) is 0 Å². The summed E-state index contributed by atoms with van der Waals surface area (Å²) in [4.78, 5) is 20.6. The maximum absolute atomic E-state index is 10.3. The van der Waals surface area contributed by atoms with E-state index < -0.39 is 12.0 Å². The van der Waals surface area contributed by atoms with Gasteiger partial charge in [0.2, 0.25) is 11.8 Å². The van der Waals surface area contributed by atoms with E-state index in [1.54, 1.807) is 0 Å². The SMILES string of the molecule is NC(=O)CCCCC(O)C(N)=O. The second-order valence-corrected chi connectivity index (χ2v) is 2.63. The monoisotopic (exact) mass is 174 g/mol. The van der Waals surface area contributed by atoms with Crippen LogP contribution in [0.1, 0.15) is 25.7 Å². The number of rotatable bonds is 6. The molecule has 1 unspecified atom stereocenters. The van der Waals surface area contributed by atoms with Gasteiger partial charge in [-0.15, -0.1) is 0 Å². The van der Waals surface area contributed by atoms with Gasteiger partial charge in [-0.25, -0.2) is 0 Å². The van der Waals surface area contributed by atoms with Crippen molar-refractivity contribution in [2.24, 2.45) is 11.5 Å². The van der Waals surface area contributed by atoms with Crippen LogP contribution in [0.2, 0.25) is 0 Å². The molecule has 0 bridgehead atoms. The van der Waals surface area contributed by atoms with Gasteiger partial charge < -0.3 is 16.6 Å². The molecule has 12 heavy (non-hydrogen) atoms. The Morgan fingerprint density at radius 2 is 1.83 bits per heavy atom. The fourth-order valence-corrected chi connectivity index (χ4v) is 0.779. The number of primary amides is 2. The highest BCUT2D eigenvalue weighted by Crippen LogP contribution is 2.02. The molecule has 0 rings (SSSR count). The number of aliphatic hydroxyl groups is 1. The number of hydrogen-bond donors (Lipinski definition) is 3. The first-order valence-electron chi connectivity index (χ1n) is 3.79. The zero-order valence-corrected chi connectivity index (χ0v) is 6.82. The molecule has 0 saturated heterocycles. The molecule has 0 aliphatic heterocycles. The Labute approximate surface area is 70.7 Å².